The number of para-hydroxylation sites is 5. The zero-order valence-corrected chi connectivity index (χ0v) is 27.7. The molecule has 0 spiro atoms. The highest BCUT2D eigenvalue weighted by atomic mass is 16.3. The molecule has 8 aromatic carbocycles. The lowest BCUT2D eigenvalue weighted by atomic mass is 9.98. The lowest BCUT2D eigenvalue weighted by Gasteiger charge is -2.28. The van der Waals surface area contributed by atoms with Crippen molar-refractivity contribution in [2.45, 2.75) is 0 Å². The number of hydrogen-bond acceptors (Lipinski definition) is 3. The average Bonchev–Trinajstić information content (AvgIpc) is 3.78. The molecular weight excluding hydrogens is 623 g/mol. The minimum absolute atomic E-state index is 0.851. The summed E-state index contributed by atoms with van der Waals surface area (Å²) in [5.74, 6) is 0. The second-order valence-corrected chi connectivity index (χ2v) is 12.9. The van der Waals surface area contributed by atoms with Crippen LogP contribution < -0.4 is 4.90 Å². The fourth-order valence-corrected chi connectivity index (χ4v) is 7.47. The molecule has 2 heterocycles. The largest absolute Gasteiger partial charge is 0.455 e. The molecule has 2 aromatic heterocycles. The molecule has 10 rings (SSSR count). The van der Waals surface area contributed by atoms with E-state index in [1.165, 1.54) is 11.1 Å². The molecule has 0 bridgehead atoms. The van der Waals surface area contributed by atoms with Crippen LogP contribution in [0.25, 0.3) is 77.3 Å². The summed E-state index contributed by atoms with van der Waals surface area (Å²) >= 11 is 0. The lowest BCUT2D eigenvalue weighted by Crippen LogP contribution is -2.11. The van der Waals surface area contributed by atoms with E-state index in [0.29, 0.717) is 0 Å². The van der Waals surface area contributed by atoms with Crippen molar-refractivity contribution >= 4 is 60.9 Å². The van der Waals surface area contributed by atoms with Crippen molar-refractivity contribution in [3.8, 4) is 33.4 Å². The van der Waals surface area contributed by atoms with Gasteiger partial charge in [-0.25, -0.2) is 0 Å². The Morgan fingerprint density at radius 2 is 0.765 bits per heavy atom. The number of anilines is 3. The molecule has 240 valence electrons. The molecule has 0 saturated carbocycles. The van der Waals surface area contributed by atoms with Gasteiger partial charge in [-0.1, -0.05) is 152 Å². The third kappa shape index (κ3) is 4.90. The Morgan fingerprint density at radius 1 is 0.294 bits per heavy atom. The van der Waals surface area contributed by atoms with Crippen LogP contribution in [0, 0.1) is 0 Å². The van der Waals surface area contributed by atoms with Gasteiger partial charge in [0, 0.05) is 38.4 Å². The summed E-state index contributed by atoms with van der Waals surface area (Å²) in [5.41, 5.74) is 13.4. The van der Waals surface area contributed by atoms with Gasteiger partial charge in [0.05, 0.1) is 11.4 Å². The molecule has 0 atom stereocenters. The number of fused-ring (bicyclic) bond motifs is 6. The van der Waals surface area contributed by atoms with Crippen LogP contribution in [-0.4, -0.2) is 0 Å². The molecule has 0 aliphatic heterocycles. The van der Waals surface area contributed by atoms with Gasteiger partial charge in [-0.3, -0.25) is 0 Å². The molecule has 0 unspecified atom stereocenters. The van der Waals surface area contributed by atoms with Crippen molar-refractivity contribution in [2.75, 3.05) is 4.90 Å². The number of rotatable bonds is 6. The van der Waals surface area contributed by atoms with Crippen molar-refractivity contribution in [1.82, 2.24) is 0 Å². The van der Waals surface area contributed by atoms with Gasteiger partial charge in [-0.05, 0) is 58.7 Å². The average molecular weight is 654 g/mol. The predicted molar refractivity (Wildman–Crippen MR) is 212 cm³/mol. The zero-order valence-electron chi connectivity index (χ0n) is 27.7. The summed E-state index contributed by atoms with van der Waals surface area (Å²) in [7, 11) is 0. The summed E-state index contributed by atoms with van der Waals surface area (Å²) in [6.45, 7) is 0. The maximum Gasteiger partial charge on any atom is 0.159 e. The van der Waals surface area contributed by atoms with Gasteiger partial charge in [0.2, 0.25) is 0 Å². The second kappa shape index (κ2) is 11.9. The quantitative estimate of drug-likeness (QED) is 0.179. The van der Waals surface area contributed by atoms with Gasteiger partial charge in [0.15, 0.2) is 5.58 Å². The van der Waals surface area contributed by atoms with E-state index in [2.05, 4.69) is 169 Å². The minimum atomic E-state index is 0.851. The highest BCUT2D eigenvalue weighted by Crippen LogP contribution is 2.46. The monoisotopic (exact) mass is 653 g/mol. The molecule has 0 aliphatic rings. The van der Waals surface area contributed by atoms with Crippen molar-refractivity contribution in [3.05, 3.63) is 188 Å². The molecule has 51 heavy (non-hydrogen) atoms. The van der Waals surface area contributed by atoms with Crippen molar-refractivity contribution < 1.29 is 8.83 Å². The maximum atomic E-state index is 6.63. The van der Waals surface area contributed by atoms with Crippen LogP contribution in [0.2, 0.25) is 0 Å². The molecule has 0 amide bonds. The molecule has 3 nitrogen and oxygen atoms in total. The molecular formula is C48H31NO2. The maximum absolute atomic E-state index is 6.63. The molecule has 0 N–H and O–H groups in total. The van der Waals surface area contributed by atoms with Crippen molar-refractivity contribution in [2.24, 2.45) is 0 Å². The van der Waals surface area contributed by atoms with Crippen LogP contribution in [0.15, 0.2) is 197 Å². The van der Waals surface area contributed by atoms with Crippen LogP contribution in [0.1, 0.15) is 0 Å². The number of nitrogens with zero attached hydrogens (tertiary/aromatic N) is 1. The van der Waals surface area contributed by atoms with E-state index in [0.717, 1.165) is 83.2 Å². The summed E-state index contributed by atoms with van der Waals surface area (Å²) in [6, 6.07) is 66.1. The van der Waals surface area contributed by atoms with Gasteiger partial charge in [0.25, 0.3) is 0 Å². The standard InChI is InChI=1S/C48H31NO2/c1-2-12-32(13-3-1)33-24-26-34(27-25-33)37-14-4-7-20-43(37)49(44-21-11-19-42-40-16-6-9-23-46(40)51-48(42)44)36-30-28-35(29-31-36)38-17-10-18-41-39-15-5-8-22-45(39)50-47(38)41/h1-31H. The molecule has 0 saturated heterocycles. The zero-order chi connectivity index (χ0) is 33.7. The smallest absolute Gasteiger partial charge is 0.159 e. The number of furan rings is 2. The van der Waals surface area contributed by atoms with E-state index in [4.69, 9.17) is 8.83 Å². The summed E-state index contributed by atoms with van der Waals surface area (Å²) < 4.78 is 13.0. The van der Waals surface area contributed by atoms with E-state index in [-0.39, 0.29) is 0 Å². The Morgan fingerprint density at radius 3 is 1.51 bits per heavy atom. The van der Waals surface area contributed by atoms with E-state index in [9.17, 15) is 0 Å². The Bertz CT molecular complexity index is 2840. The van der Waals surface area contributed by atoms with Gasteiger partial charge in [-0.15, -0.1) is 0 Å². The first-order valence-electron chi connectivity index (χ1n) is 17.3. The van der Waals surface area contributed by atoms with E-state index < -0.39 is 0 Å². The summed E-state index contributed by atoms with van der Waals surface area (Å²) in [4.78, 5) is 2.33. The lowest BCUT2D eigenvalue weighted by molar-refractivity contribution is 0.669. The van der Waals surface area contributed by atoms with E-state index in [1.54, 1.807) is 0 Å². The molecule has 10 aromatic rings. The first-order valence-corrected chi connectivity index (χ1v) is 17.3. The first kappa shape index (κ1) is 29.1. The summed E-state index contributed by atoms with van der Waals surface area (Å²) in [6.07, 6.45) is 0. The molecule has 3 heteroatoms. The topological polar surface area (TPSA) is 29.5 Å². The number of benzene rings is 8. The first-order chi connectivity index (χ1) is 25.3. The van der Waals surface area contributed by atoms with Crippen LogP contribution in [0.3, 0.4) is 0 Å². The van der Waals surface area contributed by atoms with Crippen LogP contribution in [-0.2, 0) is 0 Å². The highest BCUT2D eigenvalue weighted by Gasteiger charge is 2.22. The predicted octanol–water partition coefficient (Wildman–Crippen LogP) is 14.0. The van der Waals surface area contributed by atoms with Crippen molar-refractivity contribution in [1.29, 1.82) is 0 Å². The van der Waals surface area contributed by atoms with Crippen LogP contribution in [0.4, 0.5) is 17.1 Å². The van der Waals surface area contributed by atoms with Gasteiger partial charge >= 0.3 is 0 Å². The Balaban J connectivity index is 1.14. The SMILES string of the molecule is c1ccc(-c2ccc(-c3ccccc3N(c3ccc(-c4cccc5c4oc4ccccc45)cc3)c3cccc4c3oc3ccccc34)cc2)cc1. The van der Waals surface area contributed by atoms with E-state index >= 15 is 0 Å². The fraction of sp³-hybridized carbons (Fsp3) is 0. The van der Waals surface area contributed by atoms with Crippen molar-refractivity contribution in [3.63, 3.8) is 0 Å². The second-order valence-electron chi connectivity index (χ2n) is 12.9. The highest BCUT2D eigenvalue weighted by molar-refractivity contribution is 6.11. The molecule has 0 aliphatic carbocycles. The number of hydrogen-bond donors (Lipinski definition) is 0. The fourth-order valence-electron chi connectivity index (χ4n) is 7.47. The van der Waals surface area contributed by atoms with Crippen LogP contribution in [0.5, 0.6) is 0 Å². The van der Waals surface area contributed by atoms with Crippen LogP contribution >= 0.6 is 0 Å². The molecule has 0 fully saturated rings. The van der Waals surface area contributed by atoms with Gasteiger partial charge in [0.1, 0.15) is 16.7 Å². The Kier molecular flexibility index (Phi) is 6.81. The Hall–Kier alpha value is -6.84. The van der Waals surface area contributed by atoms with E-state index in [1.807, 2.05) is 24.3 Å². The van der Waals surface area contributed by atoms with Gasteiger partial charge < -0.3 is 13.7 Å². The van der Waals surface area contributed by atoms with Gasteiger partial charge in [-0.2, -0.15) is 0 Å². The normalized spacial score (nSPS) is 11.5. The summed E-state index contributed by atoms with van der Waals surface area (Å²) in [5, 5.41) is 4.45. The third-order valence-electron chi connectivity index (χ3n) is 9.91. The third-order valence-corrected chi connectivity index (χ3v) is 9.91. The Labute approximate surface area is 295 Å². The minimum Gasteiger partial charge on any atom is -0.455 e. The molecule has 0 radical (unpaired) electrons.